The normalized spacial score (nSPS) is 16.6. The highest BCUT2D eigenvalue weighted by molar-refractivity contribution is 6.46. The van der Waals surface area contributed by atoms with E-state index in [2.05, 4.69) is 0 Å². The van der Waals surface area contributed by atoms with Gasteiger partial charge >= 0.3 is 0 Å². The highest BCUT2D eigenvalue weighted by atomic mass is 35.5. The van der Waals surface area contributed by atoms with Crippen molar-refractivity contribution >= 4 is 29.1 Å². The van der Waals surface area contributed by atoms with Crippen LogP contribution in [0.2, 0.25) is 5.02 Å². The molecule has 192 valence electrons. The standard InChI is InChI=1S/C28H26ClNO7/c1-34-20-8-6-5-7-18(20)15-30-25(16-10-12-21(35-2)23(13-16)37-4)24(27(32)28(30)33)26(31)17-9-11-19(29)22(14-17)36-3/h5-14,25,31H,15H2,1-4H3/b26-24-. The number of likely N-dealkylation sites (tertiary alicyclic amines) is 1. The molecule has 1 heterocycles. The fourth-order valence-electron chi connectivity index (χ4n) is 4.39. The molecular formula is C28H26ClNO7. The van der Waals surface area contributed by atoms with Crippen molar-refractivity contribution in [3.63, 3.8) is 0 Å². The maximum atomic E-state index is 13.4. The number of aliphatic hydroxyl groups is 1. The Morgan fingerprint density at radius 2 is 1.51 bits per heavy atom. The molecule has 3 aromatic carbocycles. The average molecular weight is 524 g/mol. The summed E-state index contributed by atoms with van der Waals surface area (Å²) in [5.41, 5.74) is 1.46. The number of nitrogens with zero attached hydrogens (tertiary/aromatic N) is 1. The Morgan fingerprint density at radius 1 is 0.838 bits per heavy atom. The molecule has 1 atom stereocenters. The third-order valence-electron chi connectivity index (χ3n) is 6.22. The van der Waals surface area contributed by atoms with Crippen LogP contribution in [0.5, 0.6) is 23.0 Å². The lowest BCUT2D eigenvalue weighted by Gasteiger charge is -2.26. The van der Waals surface area contributed by atoms with E-state index in [1.54, 1.807) is 36.4 Å². The summed E-state index contributed by atoms with van der Waals surface area (Å²) in [4.78, 5) is 28.2. The first-order valence-electron chi connectivity index (χ1n) is 11.3. The zero-order chi connectivity index (χ0) is 26.7. The minimum absolute atomic E-state index is 0.0638. The summed E-state index contributed by atoms with van der Waals surface area (Å²) in [7, 11) is 5.99. The van der Waals surface area contributed by atoms with Crippen LogP contribution in [0.15, 0.2) is 66.2 Å². The van der Waals surface area contributed by atoms with Gasteiger partial charge in [-0.3, -0.25) is 9.59 Å². The molecule has 1 aliphatic heterocycles. The summed E-state index contributed by atoms with van der Waals surface area (Å²) >= 11 is 6.15. The Morgan fingerprint density at radius 3 is 2.19 bits per heavy atom. The monoisotopic (exact) mass is 523 g/mol. The van der Waals surface area contributed by atoms with Crippen molar-refractivity contribution in [3.8, 4) is 23.0 Å². The number of amides is 1. The van der Waals surface area contributed by atoms with E-state index < -0.39 is 17.7 Å². The van der Waals surface area contributed by atoms with Crippen molar-refractivity contribution in [3.05, 3.63) is 87.9 Å². The van der Waals surface area contributed by atoms with Gasteiger partial charge in [0.15, 0.2) is 11.5 Å². The van der Waals surface area contributed by atoms with E-state index in [4.69, 9.17) is 30.5 Å². The van der Waals surface area contributed by atoms with Crippen molar-refractivity contribution < 1.29 is 33.6 Å². The molecule has 0 radical (unpaired) electrons. The number of methoxy groups -OCH3 is 4. The van der Waals surface area contributed by atoms with Crippen molar-refractivity contribution in [1.82, 2.24) is 4.90 Å². The second-order valence-corrected chi connectivity index (χ2v) is 8.61. The lowest BCUT2D eigenvalue weighted by atomic mass is 9.94. The number of benzene rings is 3. The number of ketones is 1. The molecule has 8 nitrogen and oxygen atoms in total. The predicted octanol–water partition coefficient (Wildman–Crippen LogP) is 5.00. The van der Waals surface area contributed by atoms with Crippen LogP contribution >= 0.6 is 11.6 Å². The number of para-hydroxylation sites is 1. The van der Waals surface area contributed by atoms with Crippen molar-refractivity contribution in [2.45, 2.75) is 12.6 Å². The van der Waals surface area contributed by atoms with Gasteiger partial charge in [-0.15, -0.1) is 0 Å². The molecule has 1 unspecified atom stereocenters. The lowest BCUT2D eigenvalue weighted by molar-refractivity contribution is -0.140. The Bertz CT molecular complexity index is 1380. The molecule has 0 spiro atoms. The number of hydrogen-bond acceptors (Lipinski definition) is 7. The Kier molecular flexibility index (Phi) is 7.59. The molecule has 0 saturated carbocycles. The molecule has 0 bridgehead atoms. The van der Waals surface area contributed by atoms with E-state index in [0.717, 1.165) is 0 Å². The molecule has 1 amide bonds. The van der Waals surface area contributed by atoms with Crippen LogP contribution in [0.1, 0.15) is 22.7 Å². The summed E-state index contributed by atoms with van der Waals surface area (Å²) in [6.45, 7) is 0.0638. The lowest BCUT2D eigenvalue weighted by Crippen LogP contribution is -2.29. The van der Waals surface area contributed by atoms with Gasteiger partial charge in [-0.05, 0) is 42.0 Å². The summed E-state index contributed by atoms with van der Waals surface area (Å²) in [5, 5.41) is 11.7. The van der Waals surface area contributed by atoms with Gasteiger partial charge < -0.3 is 29.0 Å². The predicted molar refractivity (Wildman–Crippen MR) is 138 cm³/mol. The third-order valence-corrected chi connectivity index (χ3v) is 6.53. The number of ether oxygens (including phenoxy) is 4. The van der Waals surface area contributed by atoms with Gasteiger partial charge in [-0.25, -0.2) is 0 Å². The first kappa shape index (κ1) is 25.9. The summed E-state index contributed by atoms with van der Waals surface area (Å²) in [6.07, 6.45) is 0. The minimum Gasteiger partial charge on any atom is -0.507 e. The van der Waals surface area contributed by atoms with Crippen LogP contribution in [0.3, 0.4) is 0 Å². The SMILES string of the molecule is COc1cc(/C(O)=C2/C(=O)C(=O)N(Cc3ccccc3OC)C2c2ccc(OC)c(OC)c2)ccc1Cl. The number of rotatable bonds is 8. The highest BCUT2D eigenvalue weighted by Gasteiger charge is 2.46. The zero-order valence-electron chi connectivity index (χ0n) is 20.8. The number of halogens is 1. The van der Waals surface area contributed by atoms with Gasteiger partial charge in [-0.1, -0.05) is 35.9 Å². The maximum Gasteiger partial charge on any atom is 0.295 e. The highest BCUT2D eigenvalue weighted by Crippen LogP contribution is 2.43. The second-order valence-electron chi connectivity index (χ2n) is 8.20. The van der Waals surface area contributed by atoms with Gasteiger partial charge in [0.05, 0.1) is 51.6 Å². The molecule has 1 saturated heterocycles. The molecule has 1 aliphatic rings. The van der Waals surface area contributed by atoms with Gasteiger partial charge in [0.1, 0.15) is 17.3 Å². The maximum absolute atomic E-state index is 13.4. The first-order chi connectivity index (χ1) is 17.8. The van der Waals surface area contributed by atoms with E-state index in [9.17, 15) is 14.7 Å². The van der Waals surface area contributed by atoms with E-state index >= 15 is 0 Å². The molecular weight excluding hydrogens is 498 g/mol. The molecule has 1 N–H and O–H groups in total. The van der Waals surface area contributed by atoms with E-state index in [-0.39, 0.29) is 23.4 Å². The van der Waals surface area contributed by atoms with Crippen molar-refractivity contribution in [2.75, 3.05) is 28.4 Å². The Labute approximate surface area is 219 Å². The molecule has 4 rings (SSSR count). The van der Waals surface area contributed by atoms with Crippen LogP contribution in [0.25, 0.3) is 5.76 Å². The molecule has 0 aliphatic carbocycles. The van der Waals surface area contributed by atoms with Crippen LogP contribution in [-0.2, 0) is 16.1 Å². The van der Waals surface area contributed by atoms with Gasteiger partial charge in [0, 0.05) is 11.1 Å². The topological polar surface area (TPSA) is 94.5 Å². The zero-order valence-corrected chi connectivity index (χ0v) is 21.5. The van der Waals surface area contributed by atoms with Crippen LogP contribution in [0.4, 0.5) is 0 Å². The van der Waals surface area contributed by atoms with Gasteiger partial charge in [-0.2, -0.15) is 0 Å². The van der Waals surface area contributed by atoms with Crippen LogP contribution in [-0.4, -0.2) is 50.1 Å². The third kappa shape index (κ3) is 4.80. The van der Waals surface area contributed by atoms with E-state index in [1.165, 1.54) is 39.4 Å². The number of carbonyl (C=O) groups is 2. The first-order valence-corrected chi connectivity index (χ1v) is 11.7. The van der Waals surface area contributed by atoms with Crippen molar-refractivity contribution in [1.29, 1.82) is 0 Å². The van der Waals surface area contributed by atoms with Crippen LogP contribution < -0.4 is 18.9 Å². The van der Waals surface area contributed by atoms with Gasteiger partial charge in [0.2, 0.25) is 0 Å². The smallest absolute Gasteiger partial charge is 0.295 e. The number of aliphatic hydroxyl groups excluding tert-OH is 1. The van der Waals surface area contributed by atoms with E-state index in [1.807, 2.05) is 18.2 Å². The molecule has 3 aromatic rings. The fraction of sp³-hybridized carbons (Fsp3) is 0.214. The molecule has 37 heavy (non-hydrogen) atoms. The van der Waals surface area contributed by atoms with Crippen molar-refractivity contribution in [2.24, 2.45) is 0 Å². The Balaban J connectivity index is 1.92. The average Bonchev–Trinajstić information content (AvgIpc) is 3.17. The summed E-state index contributed by atoms with van der Waals surface area (Å²) < 4.78 is 21.5. The largest absolute Gasteiger partial charge is 0.507 e. The number of carbonyl (C=O) groups excluding carboxylic acids is 2. The number of hydrogen-bond donors (Lipinski definition) is 1. The molecule has 1 fully saturated rings. The summed E-state index contributed by atoms with van der Waals surface area (Å²) in [5.74, 6) is -0.147. The van der Waals surface area contributed by atoms with E-state index in [0.29, 0.717) is 39.1 Å². The second kappa shape index (κ2) is 10.8. The van der Waals surface area contributed by atoms with Gasteiger partial charge in [0.25, 0.3) is 11.7 Å². The minimum atomic E-state index is -0.925. The number of Topliss-reactive ketones (excluding diaryl/α,β-unsaturated/α-hetero) is 1. The Hall–Kier alpha value is -4.17. The molecule has 9 heteroatoms. The molecule has 0 aromatic heterocycles. The van der Waals surface area contributed by atoms with Crippen LogP contribution in [0, 0.1) is 0 Å². The fourth-order valence-corrected chi connectivity index (χ4v) is 4.59. The quantitative estimate of drug-likeness (QED) is 0.252. The summed E-state index contributed by atoms with van der Waals surface area (Å²) in [6, 6.07) is 16.0.